The Hall–Kier alpha value is -3.06. The van der Waals surface area contributed by atoms with Gasteiger partial charge in [0.15, 0.2) is 0 Å². The number of hydrogen-bond donors (Lipinski definition) is 2. The number of carbonyl (C=O) groups is 2. The molecule has 0 radical (unpaired) electrons. The lowest BCUT2D eigenvalue weighted by molar-refractivity contribution is -0.123. The van der Waals surface area contributed by atoms with Crippen molar-refractivity contribution in [3.05, 3.63) is 66.6 Å². The third-order valence-electron chi connectivity index (χ3n) is 4.14. The smallest absolute Gasteiger partial charge is 0.234 e. The van der Waals surface area contributed by atoms with E-state index in [9.17, 15) is 9.59 Å². The molecule has 1 aromatic heterocycles. The standard InChI is InChI=1S/C23H25N3O3S/c1-23(2,3)22(28)26-18-11-7-10-17(12-18)24-20(27)15-30-14-19-13-29-21(25-19)16-8-5-4-6-9-16/h4-13H,14-15H2,1-3H3,(H,24,27)(H,26,28). The molecule has 0 fully saturated rings. The molecule has 3 aromatic rings. The van der Waals surface area contributed by atoms with Gasteiger partial charge in [-0.05, 0) is 30.3 Å². The summed E-state index contributed by atoms with van der Waals surface area (Å²) in [5.41, 5.74) is 2.51. The first-order chi connectivity index (χ1) is 14.3. The van der Waals surface area contributed by atoms with Crippen molar-refractivity contribution in [3.63, 3.8) is 0 Å². The summed E-state index contributed by atoms with van der Waals surface area (Å²) in [6, 6.07) is 16.8. The molecule has 0 aliphatic rings. The topological polar surface area (TPSA) is 84.2 Å². The zero-order valence-electron chi connectivity index (χ0n) is 17.3. The second kappa shape index (κ2) is 9.63. The van der Waals surface area contributed by atoms with Gasteiger partial charge in [0.05, 0.1) is 11.4 Å². The van der Waals surface area contributed by atoms with Gasteiger partial charge in [0.2, 0.25) is 17.7 Å². The lowest BCUT2D eigenvalue weighted by Crippen LogP contribution is -2.27. The van der Waals surface area contributed by atoms with Crippen LogP contribution in [0.25, 0.3) is 11.5 Å². The maximum atomic E-state index is 12.3. The highest BCUT2D eigenvalue weighted by molar-refractivity contribution is 7.99. The third kappa shape index (κ3) is 6.22. The van der Waals surface area contributed by atoms with Gasteiger partial charge in [0, 0.05) is 28.1 Å². The Labute approximate surface area is 180 Å². The number of hydrogen-bond acceptors (Lipinski definition) is 5. The summed E-state index contributed by atoms with van der Waals surface area (Å²) in [6.45, 7) is 5.55. The number of aromatic nitrogens is 1. The average Bonchev–Trinajstić information content (AvgIpc) is 3.17. The normalized spacial score (nSPS) is 11.2. The quantitative estimate of drug-likeness (QED) is 0.546. The lowest BCUT2D eigenvalue weighted by atomic mass is 9.95. The molecule has 0 bridgehead atoms. The Morgan fingerprint density at radius 3 is 2.40 bits per heavy atom. The van der Waals surface area contributed by atoms with Crippen molar-refractivity contribution in [2.45, 2.75) is 26.5 Å². The number of oxazole rings is 1. The third-order valence-corrected chi connectivity index (χ3v) is 5.11. The molecule has 3 rings (SSSR count). The Morgan fingerprint density at radius 2 is 1.70 bits per heavy atom. The number of nitrogens with zero attached hydrogens (tertiary/aromatic N) is 1. The fraction of sp³-hybridized carbons (Fsp3) is 0.261. The fourth-order valence-electron chi connectivity index (χ4n) is 2.53. The van der Waals surface area contributed by atoms with Crippen molar-refractivity contribution in [2.75, 3.05) is 16.4 Å². The van der Waals surface area contributed by atoms with Gasteiger partial charge in [0.25, 0.3) is 0 Å². The fourth-order valence-corrected chi connectivity index (χ4v) is 3.23. The van der Waals surface area contributed by atoms with E-state index in [0.717, 1.165) is 11.3 Å². The van der Waals surface area contributed by atoms with E-state index in [4.69, 9.17) is 4.42 Å². The van der Waals surface area contributed by atoms with Gasteiger partial charge in [-0.25, -0.2) is 4.98 Å². The van der Waals surface area contributed by atoms with E-state index in [1.54, 1.807) is 30.5 Å². The summed E-state index contributed by atoms with van der Waals surface area (Å²) in [7, 11) is 0. The number of nitrogens with one attached hydrogen (secondary N) is 2. The minimum atomic E-state index is -0.489. The molecular weight excluding hydrogens is 398 g/mol. The second-order valence-corrected chi connectivity index (χ2v) is 8.82. The van der Waals surface area contributed by atoms with E-state index < -0.39 is 5.41 Å². The molecule has 7 heteroatoms. The average molecular weight is 424 g/mol. The molecule has 0 spiro atoms. The predicted molar refractivity (Wildman–Crippen MR) is 121 cm³/mol. The van der Waals surface area contributed by atoms with Gasteiger partial charge < -0.3 is 15.1 Å². The minimum Gasteiger partial charge on any atom is -0.444 e. The SMILES string of the molecule is CC(C)(C)C(=O)Nc1cccc(NC(=O)CSCc2coc(-c3ccccc3)n2)c1. The molecule has 0 saturated heterocycles. The van der Waals surface area contributed by atoms with E-state index in [0.29, 0.717) is 23.0 Å². The first kappa shape index (κ1) is 21.6. The molecule has 2 N–H and O–H groups in total. The van der Waals surface area contributed by atoms with Gasteiger partial charge >= 0.3 is 0 Å². The van der Waals surface area contributed by atoms with Crippen molar-refractivity contribution in [3.8, 4) is 11.5 Å². The highest BCUT2D eigenvalue weighted by Gasteiger charge is 2.21. The first-order valence-electron chi connectivity index (χ1n) is 9.60. The van der Waals surface area contributed by atoms with Gasteiger partial charge in [-0.15, -0.1) is 11.8 Å². The monoisotopic (exact) mass is 423 g/mol. The zero-order valence-corrected chi connectivity index (χ0v) is 18.1. The maximum absolute atomic E-state index is 12.3. The van der Waals surface area contributed by atoms with Gasteiger partial charge in [-0.1, -0.05) is 45.0 Å². The van der Waals surface area contributed by atoms with Crippen molar-refractivity contribution in [1.82, 2.24) is 4.98 Å². The van der Waals surface area contributed by atoms with E-state index in [-0.39, 0.29) is 17.6 Å². The van der Waals surface area contributed by atoms with Crippen molar-refractivity contribution >= 4 is 35.0 Å². The van der Waals surface area contributed by atoms with Gasteiger partial charge in [-0.3, -0.25) is 9.59 Å². The lowest BCUT2D eigenvalue weighted by Gasteiger charge is -2.18. The number of rotatable bonds is 7. The predicted octanol–water partition coefficient (Wildman–Crippen LogP) is 5.20. The summed E-state index contributed by atoms with van der Waals surface area (Å²) < 4.78 is 5.51. The van der Waals surface area contributed by atoms with Crippen LogP contribution in [-0.4, -0.2) is 22.6 Å². The van der Waals surface area contributed by atoms with Crippen LogP contribution in [0.3, 0.4) is 0 Å². The van der Waals surface area contributed by atoms with E-state index in [1.165, 1.54) is 11.8 Å². The van der Waals surface area contributed by atoms with E-state index >= 15 is 0 Å². The highest BCUT2D eigenvalue weighted by Crippen LogP contribution is 2.22. The Kier molecular flexibility index (Phi) is 6.95. The molecule has 156 valence electrons. The van der Waals surface area contributed by atoms with Crippen LogP contribution in [0, 0.1) is 5.41 Å². The number of anilines is 2. The molecule has 0 atom stereocenters. The highest BCUT2D eigenvalue weighted by atomic mass is 32.2. The van der Waals surface area contributed by atoms with Crippen LogP contribution >= 0.6 is 11.8 Å². The van der Waals surface area contributed by atoms with Crippen molar-refractivity contribution in [2.24, 2.45) is 5.41 Å². The molecule has 0 unspecified atom stereocenters. The molecule has 0 saturated carbocycles. The van der Waals surface area contributed by atoms with Gasteiger partial charge in [0.1, 0.15) is 6.26 Å². The van der Waals surface area contributed by atoms with Crippen LogP contribution < -0.4 is 10.6 Å². The zero-order chi connectivity index (χ0) is 21.6. The number of amides is 2. The van der Waals surface area contributed by atoms with Gasteiger partial charge in [-0.2, -0.15) is 0 Å². The van der Waals surface area contributed by atoms with Crippen LogP contribution in [0.1, 0.15) is 26.5 Å². The van der Waals surface area contributed by atoms with Crippen molar-refractivity contribution < 1.29 is 14.0 Å². The Balaban J connectivity index is 1.48. The number of carbonyl (C=O) groups excluding carboxylic acids is 2. The largest absolute Gasteiger partial charge is 0.444 e. The van der Waals surface area contributed by atoms with Crippen molar-refractivity contribution in [1.29, 1.82) is 0 Å². The second-order valence-electron chi connectivity index (χ2n) is 7.84. The van der Waals surface area contributed by atoms with Crippen LogP contribution in [0.15, 0.2) is 65.3 Å². The summed E-state index contributed by atoms with van der Waals surface area (Å²) >= 11 is 1.46. The Bertz CT molecular complexity index is 1010. The van der Waals surface area contributed by atoms with Crippen LogP contribution in [0.4, 0.5) is 11.4 Å². The minimum absolute atomic E-state index is 0.0796. The number of benzene rings is 2. The van der Waals surface area contributed by atoms with Crippen LogP contribution in [-0.2, 0) is 15.3 Å². The maximum Gasteiger partial charge on any atom is 0.234 e. The molecular formula is C23H25N3O3S. The van der Waals surface area contributed by atoms with Crippen LogP contribution in [0.5, 0.6) is 0 Å². The molecule has 1 heterocycles. The molecule has 0 aliphatic carbocycles. The molecule has 0 aliphatic heterocycles. The Morgan fingerprint density at radius 1 is 1.00 bits per heavy atom. The summed E-state index contributed by atoms with van der Waals surface area (Å²) in [5.74, 6) is 1.23. The summed E-state index contributed by atoms with van der Waals surface area (Å²) in [4.78, 5) is 28.8. The molecule has 6 nitrogen and oxygen atoms in total. The molecule has 2 aromatic carbocycles. The first-order valence-corrected chi connectivity index (χ1v) is 10.8. The number of thioether (sulfide) groups is 1. The summed E-state index contributed by atoms with van der Waals surface area (Å²) in [6.07, 6.45) is 1.62. The molecule has 30 heavy (non-hydrogen) atoms. The molecule has 2 amide bonds. The summed E-state index contributed by atoms with van der Waals surface area (Å²) in [5, 5.41) is 5.72. The van der Waals surface area contributed by atoms with E-state index in [1.807, 2.05) is 51.1 Å². The van der Waals surface area contributed by atoms with Crippen LogP contribution in [0.2, 0.25) is 0 Å². The van der Waals surface area contributed by atoms with E-state index in [2.05, 4.69) is 15.6 Å².